The number of nitrogens with zero attached hydrogens (tertiary/aromatic N) is 2. The van der Waals surface area contributed by atoms with Gasteiger partial charge in [0.05, 0.1) is 13.1 Å². The summed E-state index contributed by atoms with van der Waals surface area (Å²) in [4.78, 5) is 31.2. The molecule has 2 aromatic carbocycles. The molecule has 6 nitrogen and oxygen atoms in total. The first-order valence-electron chi connectivity index (χ1n) is 11.3. The minimum Gasteiger partial charge on any atom is -0.457 e. The molecule has 0 aliphatic carbocycles. The van der Waals surface area contributed by atoms with Gasteiger partial charge in [-0.15, -0.1) is 24.8 Å². The molecule has 0 radical (unpaired) electrons. The van der Waals surface area contributed by atoms with Crippen molar-refractivity contribution in [2.45, 2.75) is 43.9 Å². The van der Waals surface area contributed by atoms with E-state index in [0.717, 1.165) is 58.6 Å². The summed E-state index contributed by atoms with van der Waals surface area (Å²) in [7, 11) is 0. The maximum atomic E-state index is 12.6. The number of hydrogen-bond acceptors (Lipinski definition) is 7. The maximum absolute atomic E-state index is 12.6. The van der Waals surface area contributed by atoms with Gasteiger partial charge >= 0.3 is 0 Å². The molecule has 0 fully saturated rings. The number of likely N-dealkylation sites (N-methyl/N-ethyl adjacent to an activating group) is 2. The Morgan fingerprint density at radius 1 is 0.829 bits per heavy atom. The van der Waals surface area contributed by atoms with E-state index in [9.17, 15) is 9.59 Å². The predicted molar refractivity (Wildman–Crippen MR) is 151 cm³/mol. The monoisotopic (exact) mass is 562 g/mol. The fourth-order valence-electron chi connectivity index (χ4n) is 3.66. The van der Waals surface area contributed by atoms with E-state index in [1.807, 2.05) is 36.4 Å². The molecule has 0 amide bonds. The van der Waals surface area contributed by atoms with Crippen molar-refractivity contribution in [2.24, 2.45) is 0 Å². The zero-order valence-corrected chi connectivity index (χ0v) is 23.9. The third-order valence-corrected chi connectivity index (χ3v) is 7.46. The number of benzene rings is 2. The Morgan fingerprint density at radius 3 is 1.97 bits per heavy atom. The summed E-state index contributed by atoms with van der Waals surface area (Å²) in [5.41, 5.74) is 2.08. The lowest BCUT2D eigenvalue weighted by Gasteiger charge is -2.23. The van der Waals surface area contributed by atoms with Crippen LogP contribution in [0.3, 0.4) is 0 Å². The highest BCUT2D eigenvalue weighted by molar-refractivity contribution is 8.14. The smallest absolute Gasteiger partial charge is 0.207 e. The lowest BCUT2D eigenvalue weighted by Crippen LogP contribution is -2.28. The SMILES string of the molecule is CCN(CC)CC(=O)Sc1ccc2c(c1)Cc1c(cccc1SC(=O)CN(CC)CC)O2.Cl.Cl.O. The van der Waals surface area contributed by atoms with Crippen LogP contribution in [-0.2, 0) is 16.0 Å². The van der Waals surface area contributed by atoms with E-state index in [-0.39, 0.29) is 40.5 Å². The summed E-state index contributed by atoms with van der Waals surface area (Å²) in [5, 5.41) is 0.281. The van der Waals surface area contributed by atoms with Crippen molar-refractivity contribution < 1.29 is 19.8 Å². The largest absolute Gasteiger partial charge is 0.457 e. The van der Waals surface area contributed by atoms with Gasteiger partial charge in [0.1, 0.15) is 11.5 Å². The second-order valence-electron chi connectivity index (χ2n) is 7.65. The summed E-state index contributed by atoms with van der Waals surface area (Å²) < 4.78 is 6.14. The number of thioether (sulfide) groups is 2. The average molecular weight is 564 g/mol. The fraction of sp³-hybridized carbons (Fsp3) is 0.440. The Balaban J connectivity index is 0.00000385. The number of carbonyl (C=O) groups excluding carboxylic acids is 2. The fourth-order valence-corrected chi connectivity index (χ4v) is 5.44. The van der Waals surface area contributed by atoms with E-state index >= 15 is 0 Å². The van der Waals surface area contributed by atoms with Crippen LogP contribution in [-0.4, -0.2) is 64.8 Å². The predicted octanol–water partition coefficient (Wildman–Crippen LogP) is 5.32. The summed E-state index contributed by atoms with van der Waals surface area (Å²) in [6.07, 6.45) is 0.686. The zero-order chi connectivity index (χ0) is 23.1. The number of rotatable bonds is 10. The van der Waals surface area contributed by atoms with Crippen molar-refractivity contribution in [3.05, 3.63) is 47.5 Å². The van der Waals surface area contributed by atoms with Crippen molar-refractivity contribution in [1.82, 2.24) is 9.80 Å². The van der Waals surface area contributed by atoms with Gasteiger partial charge in [0, 0.05) is 27.3 Å². The lowest BCUT2D eigenvalue weighted by atomic mass is 10.0. The van der Waals surface area contributed by atoms with Crippen LogP contribution in [0.15, 0.2) is 46.2 Å². The molecule has 0 atom stereocenters. The van der Waals surface area contributed by atoms with Crippen molar-refractivity contribution >= 4 is 58.6 Å². The summed E-state index contributed by atoms with van der Waals surface area (Å²) in [6, 6.07) is 11.8. The zero-order valence-electron chi connectivity index (χ0n) is 20.7. The van der Waals surface area contributed by atoms with Crippen LogP contribution in [0.25, 0.3) is 0 Å². The molecule has 196 valence electrons. The Hall–Kier alpha value is -1.26. The number of halogens is 2. The topological polar surface area (TPSA) is 81.4 Å². The Bertz CT molecular complexity index is 970. The van der Waals surface area contributed by atoms with Gasteiger partial charge in [-0.25, -0.2) is 0 Å². The van der Waals surface area contributed by atoms with Crippen LogP contribution in [0.1, 0.15) is 38.8 Å². The number of ether oxygens (including phenoxy) is 1. The number of fused-ring (bicyclic) bond motifs is 2. The molecular formula is C25H36Cl2N2O4S2. The van der Waals surface area contributed by atoms with Gasteiger partial charge in [-0.05, 0) is 56.5 Å². The number of carbonyl (C=O) groups is 2. The highest BCUT2D eigenvalue weighted by atomic mass is 35.5. The Labute approximate surface area is 229 Å². The van der Waals surface area contributed by atoms with Crippen LogP contribution in [0.4, 0.5) is 0 Å². The average Bonchev–Trinajstić information content (AvgIpc) is 2.80. The first kappa shape index (κ1) is 33.7. The van der Waals surface area contributed by atoms with E-state index in [1.54, 1.807) is 0 Å². The first-order chi connectivity index (χ1) is 15.5. The highest BCUT2D eigenvalue weighted by Crippen LogP contribution is 2.42. The molecule has 3 rings (SSSR count). The van der Waals surface area contributed by atoms with Crippen LogP contribution in [0.5, 0.6) is 11.5 Å². The van der Waals surface area contributed by atoms with Gasteiger partial charge < -0.3 is 10.2 Å². The molecule has 1 aliphatic rings. The minimum absolute atomic E-state index is 0. The van der Waals surface area contributed by atoms with Gasteiger partial charge in [0.25, 0.3) is 0 Å². The second kappa shape index (κ2) is 16.5. The number of hydrogen-bond donors (Lipinski definition) is 0. The molecule has 2 N–H and O–H groups in total. The van der Waals surface area contributed by atoms with Gasteiger partial charge in [0.2, 0.25) is 10.2 Å². The van der Waals surface area contributed by atoms with E-state index in [0.29, 0.717) is 19.5 Å². The lowest BCUT2D eigenvalue weighted by molar-refractivity contribution is -0.112. The molecule has 0 aromatic heterocycles. The summed E-state index contributed by atoms with van der Waals surface area (Å²) in [6.45, 7) is 12.6. The Kier molecular flexibility index (Phi) is 15.9. The van der Waals surface area contributed by atoms with Crippen LogP contribution in [0.2, 0.25) is 0 Å². The standard InChI is InChI=1S/C25H32N2O3S2.2ClH.H2O/c1-5-26(6-2)16-24(28)31-19-12-13-21-18(14-19)15-20-22(30-21)10-9-11-23(20)32-25(29)17-27(7-3)8-4;;;/h9-14H,5-8,15-17H2,1-4H3;2*1H;1H2. The van der Waals surface area contributed by atoms with Crippen molar-refractivity contribution in [2.75, 3.05) is 39.3 Å². The molecule has 0 bridgehead atoms. The maximum Gasteiger partial charge on any atom is 0.207 e. The molecule has 0 spiro atoms. The second-order valence-corrected chi connectivity index (χ2v) is 9.88. The van der Waals surface area contributed by atoms with E-state index in [2.05, 4.69) is 37.5 Å². The molecule has 1 heterocycles. The first-order valence-corrected chi connectivity index (χ1v) is 12.9. The molecule has 0 saturated heterocycles. The third-order valence-electron chi connectivity index (χ3n) is 5.66. The van der Waals surface area contributed by atoms with Gasteiger partial charge in [0.15, 0.2) is 0 Å². The van der Waals surface area contributed by atoms with Crippen LogP contribution in [0, 0.1) is 0 Å². The van der Waals surface area contributed by atoms with Crippen molar-refractivity contribution in [3.8, 4) is 11.5 Å². The van der Waals surface area contributed by atoms with Crippen molar-refractivity contribution in [3.63, 3.8) is 0 Å². The Morgan fingerprint density at radius 2 is 1.40 bits per heavy atom. The van der Waals surface area contributed by atoms with E-state index in [1.165, 1.54) is 23.5 Å². The molecule has 2 aromatic rings. The van der Waals surface area contributed by atoms with Gasteiger partial charge in [-0.1, -0.05) is 57.3 Å². The molecule has 10 heteroatoms. The molecular weight excluding hydrogens is 527 g/mol. The molecule has 0 saturated carbocycles. The highest BCUT2D eigenvalue weighted by Gasteiger charge is 2.22. The summed E-state index contributed by atoms with van der Waals surface area (Å²) >= 11 is 2.58. The van der Waals surface area contributed by atoms with E-state index < -0.39 is 0 Å². The van der Waals surface area contributed by atoms with Crippen molar-refractivity contribution in [1.29, 1.82) is 0 Å². The van der Waals surface area contributed by atoms with E-state index in [4.69, 9.17) is 4.74 Å². The molecule has 1 aliphatic heterocycles. The van der Waals surface area contributed by atoms with Gasteiger partial charge in [-0.2, -0.15) is 0 Å². The third kappa shape index (κ3) is 9.28. The van der Waals surface area contributed by atoms with Crippen LogP contribution >= 0.6 is 48.3 Å². The van der Waals surface area contributed by atoms with Gasteiger partial charge in [-0.3, -0.25) is 19.4 Å². The normalized spacial score (nSPS) is 11.4. The quantitative estimate of drug-likeness (QED) is 0.309. The van der Waals surface area contributed by atoms with Crippen LogP contribution < -0.4 is 4.74 Å². The molecule has 35 heavy (non-hydrogen) atoms. The summed E-state index contributed by atoms with van der Waals surface area (Å²) in [5.74, 6) is 1.62. The minimum atomic E-state index is 0. The molecule has 0 unspecified atom stereocenters.